The number of rotatable bonds is 5. The van der Waals surface area contributed by atoms with Gasteiger partial charge in [0.15, 0.2) is 0 Å². The molecule has 0 aliphatic carbocycles. The third-order valence-electron chi connectivity index (χ3n) is 2.52. The van der Waals surface area contributed by atoms with Crippen LogP contribution in [0.4, 0.5) is 0 Å². The zero-order valence-corrected chi connectivity index (χ0v) is 10.8. The highest BCUT2D eigenvalue weighted by Crippen LogP contribution is 2.14. The molecule has 1 aromatic rings. The van der Waals surface area contributed by atoms with Crippen molar-refractivity contribution < 1.29 is 9.00 Å². The first-order valence-electron chi connectivity index (χ1n) is 5.56. The van der Waals surface area contributed by atoms with Crippen molar-refractivity contribution >= 4 is 16.6 Å². The van der Waals surface area contributed by atoms with Crippen LogP contribution in [0.3, 0.4) is 0 Å². The lowest BCUT2D eigenvalue weighted by Gasteiger charge is -2.10. The molecule has 0 aliphatic rings. The normalized spacial score (nSPS) is 14.4. The van der Waals surface area contributed by atoms with Crippen LogP contribution in [0.15, 0.2) is 29.2 Å². The fraction of sp³-hybridized carbons (Fsp3) is 0.462. The lowest BCUT2D eigenvalue weighted by molar-refractivity contribution is -0.118. The summed E-state index contributed by atoms with van der Waals surface area (Å²) in [5.74, 6) is 0.0846. The van der Waals surface area contributed by atoms with E-state index in [-0.39, 0.29) is 5.78 Å². The molecule has 0 aromatic heterocycles. The average molecular weight is 238 g/mol. The Labute approximate surface area is 99.5 Å². The summed E-state index contributed by atoms with van der Waals surface area (Å²) in [6.07, 6.45) is 1.33. The van der Waals surface area contributed by atoms with Crippen LogP contribution in [0, 0.1) is 6.92 Å². The summed E-state index contributed by atoms with van der Waals surface area (Å²) >= 11 is 0. The van der Waals surface area contributed by atoms with Gasteiger partial charge in [0.05, 0.1) is 16.0 Å². The van der Waals surface area contributed by atoms with Gasteiger partial charge < -0.3 is 0 Å². The lowest BCUT2D eigenvalue weighted by atomic mass is 10.2. The number of Topliss-reactive ketones (excluding diaryl/α,β-unsaturated/α-hetero) is 1. The fourth-order valence-corrected chi connectivity index (χ4v) is 2.61. The number of hydrogen-bond donors (Lipinski definition) is 0. The minimum absolute atomic E-state index is 0.0846. The molecule has 0 amide bonds. The van der Waals surface area contributed by atoms with E-state index in [9.17, 15) is 9.00 Å². The van der Waals surface area contributed by atoms with Gasteiger partial charge in [-0.15, -0.1) is 0 Å². The Kier molecular flexibility index (Phi) is 4.87. The molecule has 0 aliphatic heterocycles. The van der Waals surface area contributed by atoms with E-state index in [0.29, 0.717) is 6.42 Å². The Hall–Kier alpha value is -0.960. The molecule has 0 unspecified atom stereocenters. The predicted molar refractivity (Wildman–Crippen MR) is 67.0 cm³/mol. The Morgan fingerprint density at radius 1 is 1.31 bits per heavy atom. The molecule has 0 spiro atoms. The highest BCUT2D eigenvalue weighted by atomic mass is 32.2. The number of hydrogen-bond acceptors (Lipinski definition) is 2. The Morgan fingerprint density at radius 2 is 1.88 bits per heavy atom. The molecule has 0 saturated carbocycles. The molecule has 2 atom stereocenters. The molecule has 3 heteroatoms. The van der Waals surface area contributed by atoms with Gasteiger partial charge in [-0.3, -0.25) is 9.00 Å². The van der Waals surface area contributed by atoms with Gasteiger partial charge in [0.25, 0.3) is 0 Å². The van der Waals surface area contributed by atoms with E-state index >= 15 is 0 Å². The minimum atomic E-state index is -1.22. The molecule has 0 fully saturated rings. The molecule has 0 saturated heterocycles. The van der Waals surface area contributed by atoms with Crippen molar-refractivity contribution in [3.05, 3.63) is 29.8 Å². The van der Waals surface area contributed by atoms with Gasteiger partial charge in [-0.2, -0.15) is 0 Å². The van der Waals surface area contributed by atoms with E-state index < -0.39 is 16.0 Å². The molecule has 0 radical (unpaired) electrons. The zero-order chi connectivity index (χ0) is 12.1. The van der Waals surface area contributed by atoms with E-state index in [1.165, 1.54) is 0 Å². The maximum absolute atomic E-state index is 12.1. The van der Waals surface area contributed by atoms with Crippen molar-refractivity contribution in [3.8, 4) is 0 Å². The second kappa shape index (κ2) is 5.94. The summed E-state index contributed by atoms with van der Waals surface area (Å²) in [6.45, 7) is 5.69. The molecule has 0 bridgehead atoms. The number of aryl methyl sites for hydroxylation is 1. The quantitative estimate of drug-likeness (QED) is 0.790. The summed E-state index contributed by atoms with van der Waals surface area (Å²) in [5.41, 5.74) is 1.13. The number of ketones is 1. The minimum Gasteiger partial charge on any atom is -0.298 e. The molecule has 1 rings (SSSR count). The van der Waals surface area contributed by atoms with Crippen molar-refractivity contribution in [2.45, 2.75) is 43.8 Å². The van der Waals surface area contributed by atoms with E-state index in [1.54, 1.807) is 6.92 Å². The zero-order valence-electron chi connectivity index (χ0n) is 10.0. The summed E-state index contributed by atoms with van der Waals surface area (Å²) in [7, 11) is -1.22. The highest BCUT2D eigenvalue weighted by Gasteiger charge is 2.20. The summed E-state index contributed by atoms with van der Waals surface area (Å²) in [5, 5.41) is -0.400. The Morgan fingerprint density at radius 3 is 2.38 bits per heavy atom. The third kappa shape index (κ3) is 3.27. The van der Waals surface area contributed by atoms with Crippen molar-refractivity contribution in [2.75, 3.05) is 0 Å². The molecular formula is C13H18O2S. The van der Waals surface area contributed by atoms with Gasteiger partial charge in [0.2, 0.25) is 0 Å². The van der Waals surface area contributed by atoms with E-state index in [4.69, 9.17) is 0 Å². The molecule has 88 valence electrons. The molecule has 0 heterocycles. The highest BCUT2D eigenvalue weighted by molar-refractivity contribution is 7.86. The fourth-order valence-electron chi connectivity index (χ4n) is 1.45. The van der Waals surface area contributed by atoms with Crippen LogP contribution in [0.2, 0.25) is 0 Å². The standard InChI is InChI=1S/C13H18O2S/c1-4-5-13(14)11(3)16(15)12-8-6-10(2)7-9-12/h6-9,11H,4-5H2,1-3H3/t11-,16+/m0/s1. The second-order valence-corrected chi connectivity index (χ2v) is 5.74. The summed E-state index contributed by atoms with van der Waals surface area (Å²) in [6, 6.07) is 7.51. The smallest absolute Gasteiger partial charge is 0.148 e. The van der Waals surface area contributed by atoms with Crippen molar-refractivity contribution in [1.29, 1.82) is 0 Å². The van der Waals surface area contributed by atoms with E-state index in [0.717, 1.165) is 16.9 Å². The van der Waals surface area contributed by atoms with E-state index in [1.807, 2.05) is 38.1 Å². The second-order valence-electron chi connectivity index (χ2n) is 3.97. The largest absolute Gasteiger partial charge is 0.298 e. The van der Waals surface area contributed by atoms with Crippen molar-refractivity contribution in [2.24, 2.45) is 0 Å². The van der Waals surface area contributed by atoms with Gasteiger partial charge in [0.1, 0.15) is 5.78 Å². The predicted octanol–water partition coefficient (Wildman–Crippen LogP) is 2.86. The van der Waals surface area contributed by atoms with Crippen LogP contribution in [0.1, 0.15) is 32.3 Å². The first-order valence-corrected chi connectivity index (χ1v) is 6.77. The van der Waals surface area contributed by atoms with Crippen LogP contribution >= 0.6 is 0 Å². The topological polar surface area (TPSA) is 34.1 Å². The molecule has 1 aromatic carbocycles. The monoisotopic (exact) mass is 238 g/mol. The maximum Gasteiger partial charge on any atom is 0.148 e. The summed E-state index contributed by atoms with van der Waals surface area (Å²) in [4.78, 5) is 12.4. The Bertz CT molecular complexity index is 381. The van der Waals surface area contributed by atoms with Gasteiger partial charge >= 0.3 is 0 Å². The van der Waals surface area contributed by atoms with Crippen LogP contribution in [-0.2, 0) is 15.6 Å². The van der Waals surface area contributed by atoms with Gasteiger partial charge in [-0.25, -0.2) is 0 Å². The van der Waals surface area contributed by atoms with Gasteiger partial charge in [-0.05, 0) is 32.4 Å². The van der Waals surface area contributed by atoms with E-state index in [2.05, 4.69) is 0 Å². The molecule has 2 nitrogen and oxygen atoms in total. The van der Waals surface area contributed by atoms with Crippen LogP contribution in [0.25, 0.3) is 0 Å². The van der Waals surface area contributed by atoms with Crippen LogP contribution in [-0.4, -0.2) is 15.2 Å². The molecule has 0 N–H and O–H groups in total. The molecular weight excluding hydrogens is 220 g/mol. The number of benzene rings is 1. The number of carbonyl (C=O) groups is 1. The SMILES string of the molecule is CCCC(=O)[C@H](C)[S@@](=O)c1ccc(C)cc1. The first kappa shape index (κ1) is 13.1. The van der Waals surface area contributed by atoms with Gasteiger partial charge in [0, 0.05) is 11.3 Å². The van der Waals surface area contributed by atoms with Gasteiger partial charge in [-0.1, -0.05) is 24.6 Å². The third-order valence-corrected chi connectivity index (χ3v) is 4.17. The first-order chi connectivity index (χ1) is 7.56. The summed E-state index contributed by atoms with van der Waals surface area (Å²) < 4.78 is 12.1. The van der Waals surface area contributed by atoms with Crippen molar-refractivity contribution in [1.82, 2.24) is 0 Å². The number of carbonyl (C=O) groups excluding carboxylic acids is 1. The maximum atomic E-state index is 12.1. The van der Waals surface area contributed by atoms with Crippen molar-refractivity contribution in [3.63, 3.8) is 0 Å². The lowest BCUT2D eigenvalue weighted by Crippen LogP contribution is -2.22. The van der Waals surface area contributed by atoms with Crippen LogP contribution in [0.5, 0.6) is 0 Å². The molecule has 16 heavy (non-hydrogen) atoms. The Balaban J connectivity index is 2.78. The van der Waals surface area contributed by atoms with Crippen LogP contribution < -0.4 is 0 Å². The average Bonchev–Trinajstić information content (AvgIpc) is 2.28.